The number of rotatable bonds is 4. The highest BCUT2D eigenvalue weighted by atomic mass is 16.6. The first-order valence-electron chi connectivity index (χ1n) is 5.32. The number of hydrogen-bond donors (Lipinski definition) is 1. The number of aryl methyl sites for hydroxylation is 2. The van der Waals surface area contributed by atoms with Crippen molar-refractivity contribution in [3.63, 3.8) is 0 Å². The molecule has 0 aliphatic rings. The van der Waals surface area contributed by atoms with Crippen molar-refractivity contribution < 1.29 is 4.92 Å². The lowest BCUT2D eigenvalue weighted by Crippen LogP contribution is -2.32. The molecule has 1 aromatic carbocycles. The zero-order chi connectivity index (χ0) is 12.3. The third kappa shape index (κ3) is 3.62. The summed E-state index contributed by atoms with van der Waals surface area (Å²) in [4.78, 5) is 10.4. The van der Waals surface area contributed by atoms with Crippen LogP contribution in [-0.2, 0) is 6.42 Å². The van der Waals surface area contributed by atoms with E-state index in [2.05, 4.69) is 0 Å². The van der Waals surface area contributed by atoms with Gasteiger partial charge in [0.2, 0.25) is 0 Å². The van der Waals surface area contributed by atoms with Crippen LogP contribution in [0, 0.1) is 17.0 Å². The van der Waals surface area contributed by atoms with E-state index >= 15 is 0 Å². The minimum atomic E-state index is -0.341. The van der Waals surface area contributed by atoms with Crippen LogP contribution in [0.4, 0.5) is 5.69 Å². The van der Waals surface area contributed by atoms with Crippen LogP contribution in [0.3, 0.4) is 0 Å². The van der Waals surface area contributed by atoms with Crippen molar-refractivity contribution in [1.82, 2.24) is 0 Å². The second kappa shape index (κ2) is 4.61. The molecule has 4 nitrogen and oxygen atoms in total. The van der Waals surface area contributed by atoms with E-state index in [4.69, 9.17) is 5.73 Å². The van der Waals surface area contributed by atoms with Crippen LogP contribution < -0.4 is 5.73 Å². The summed E-state index contributed by atoms with van der Waals surface area (Å²) in [6, 6.07) is 5.35. The first-order chi connectivity index (χ1) is 7.29. The molecule has 0 atom stereocenters. The van der Waals surface area contributed by atoms with Gasteiger partial charge in [0.1, 0.15) is 0 Å². The summed E-state index contributed by atoms with van der Waals surface area (Å²) in [7, 11) is 0. The Kier molecular flexibility index (Phi) is 3.65. The number of benzene rings is 1. The molecular weight excluding hydrogens is 204 g/mol. The predicted molar refractivity (Wildman–Crippen MR) is 64.4 cm³/mol. The lowest BCUT2D eigenvalue weighted by molar-refractivity contribution is -0.385. The van der Waals surface area contributed by atoms with Gasteiger partial charge in [-0.15, -0.1) is 0 Å². The highest BCUT2D eigenvalue weighted by molar-refractivity contribution is 5.42. The van der Waals surface area contributed by atoms with Gasteiger partial charge < -0.3 is 5.73 Å². The fourth-order valence-electron chi connectivity index (χ4n) is 1.47. The SMILES string of the molecule is Cc1ccc(CCC(C)(C)N)cc1[N+](=O)[O-]. The van der Waals surface area contributed by atoms with Crippen LogP contribution in [-0.4, -0.2) is 10.5 Å². The fraction of sp³-hybridized carbons (Fsp3) is 0.500. The Morgan fingerprint density at radius 2 is 2.06 bits per heavy atom. The molecule has 0 aromatic heterocycles. The molecule has 4 heteroatoms. The van der Waals surface area contributed by atoms with Gasteiger partial charge in [0, 0.05) is 17.2 Å². The first-order valence-corrected chi connectivity index (χ1v) is 5.32. The summed E-state index contributed by atoms with van der Waals surface area (Å²) in [5.41, 5.74) is 7.49. The summed E-state index contributed by atoms with van der Waals surface area (Å²) >= 11 is 0. The van der Waals surface area contributed by atoms with Crippen LogP contribution in [0.15, 0.2) is 18.2 Å². The van der Waals surface area contributed by atoms with E-state index in [0.29, 0.717) is 5.56 Å². The normalized spacial score (nSPS) is 11.5. The van der Waals surface area contributed by atoms with Gasteiger partial charge in [-0.2, -0.15) is 0 Å². The molecule has 0 aliphatic heterocycles. The van der Waals surface area contributed by atoms with Gasteiger partial charge in [0.25, 0.3) is 5.69 Å². The Balaban J connectivity index is 2.83. The van der Waals surface area contributed by atoms with E-state index in [9.17, 15) is 10.1 Å². The Bertz CT molecular complexity index is 394. The van der Waals surface area contributed by atoms with E-state index < -0.39 is 0 Å². The molecule has 1 rings (SSSR count). The summed E-state index contributed by atoms with van der Waals surface area (Å²) in [5.74, 6) is 0. The van der Waals surface area contributed by atoms with E-state index in [-0.39, 0.29) is 16.1 Å². The Morgan fingerprint density at radius 3 is 2.56 bits per heavy atom. The summed E-state index contributed by atoms with van der Waals surface area (Å²) in [5, 5.41) is 10.8. The van der Waals surface area contributed by atoms with Crippen molar-refractivity contribution in [3.8, 4) is 0 Å². The van der Waals surface area contributed by atoms with Crippen LogP contribution in [0.1, 0.15) is 31.4 Å². The Morgan fingerprint density at radius 1 is 1.44 bits per heavy atom. The lowest BCUT2D eigenvalue weighted by Gasteiger charge is -2.17. The number of nitrogens with two attached hydrogens (primary N) is 1. The largest absolute Gasteiger partial charge is 0.326 e. The van der Waals surface area contributed by atoms with Gasteiger partial charge in [-0.3, -0.25) is 10.1 Å². The molecule has 0 spiro atoms. The van der Waals surface area contributed by atoms with Gasteiger partial charge in [0.15, 0.2) is 0 Å². The minimum Gasteiger partial charge on any atom is -0.326 e. The standard InChI is InChI=1S/C12H18N2O2/c1-9-4-5-10(6-7-12(2,3)13)8-11(9)14(15)16/h4-5,8H,6-7,13H2,1-3H3. The van der Waals surface area contributed by atoms with E-state index in [0.717, 1.165) is 18.4 Å². The van der Waals surface area contributed by atoms with E-state index in [1.54, 1.807) is 19.1 Å². The summed E-state index contributed by atoms with van der Waals surface area (Å²) in [6.07, 6.45) is 1.58. The molecule has 0 bridgehead atoms. The molecule has 0 unspecified atom stereocenters. The minimum absolute atomic E-state index is 0.187. The molecule has 0 saturated heterocycles. The monoisotopic (exact) mass is 222 g/mol. The van der Waals surface area contributed by atoms with Crippen molar-refractivity contribution in [3.05, 3.63) is 39.4 Å². The van der Waals surface area contributed by atoms with Gasteiger partial charge in [0.05, 0.1) is 4.92 Å². The number of hydrogen-bond acceptors (Lipinski definition) is 3. The van der Waals surface area contributed by atoms with Crippen molar-refractivity contribution >= 4 is 5.69 Å². The first kappa shape index (κ1) is 12.6. The maximum atomic E-state index is 10.8. The van der Waals surface area contributed by atoms with E-state index in [1.165, 1.54) is 0 Å². The van der Waals surface area contributed by atoms with Gasteiger partial charge in [-0.25, -0.2) is 0 Å². The molecule has 1 aromatic rings. The average Bonchev–Trinajstić information content (AvgIpc) is 2.14. The van der Waals surface area contributed by atoms with Crippen LogP contribution in [0.25, 0.3) is 0 Å². The second-order valence-corrected chi connectivity index (χ2v) is 4.87. The highest BCUT2D eigenvalue weighted by Gasteiger charge is 2.14. The molecule has 0 radical (unpaired) electrons. The molecule has 0 heterocycles. The second-order valence-electron chi connectivity index (χ2n) is 4.87. The van der Waals surface area contributed by atoms with Crippen molar-refractivity contribution in [2.24, 2.45) is 5.73 Å². The third-order valence-electron chi connectivity index (χ3n) is 2.53. The Labute approximate surface area is 95.6 Å². The van der Waals surface area contributed by atoms with Crippen molar-refractivity contribution in [2.75, 3.05) is 0 Å². The summed E-state index contributed by atoms with van der Waals surface area (Å²) in [6.45, 7) is 5.65. The topological polar surface area (TPSA) is 69.2 Å². The number of nitro benzene ring substituents is 1. The molecule has 0 fully saturated rings. The Hall–Kier alpha value is -1.42. The number of nitrogens with zero attached hydrogens (tertiary/aromatic N) is 1. The lowest BCUT2D eigenvalue weighted by atomic mass is 9.96. The van der Waals surface area contributed by atoms with Crippen LogP contribution in [0.2, 0.25) is 0 Å². The average molecular weight is 222 g/mol. The van der Waals surface area contributed by atoms with E-state index in [1.807, 2.05) is 19.9 Å². The fourth-order valence-corrected chi connectivity index (χ4v) is 1.47. The molecule has 2 N–H and O–H groups in total. The maximum absolute atomic E-state index is 10.8. The highest BCUT2D eigenvalue weighted by Crippen LogP contribution is 2.21. The molecule has 0 amide bonds. The smallest absolute Gasteiger partial charge is 0.272 e. The molecule has 0 saturated carbocycles. The summed E-state index contributed by atoms with van der Waals surface area (Å²) < 4.78 is 0. The molecular formula is C12H18N2O2. The third-order valence-corrected chi connectivity index (χ3v) is 2.53. The molecule has 0 aliphatic carbocycles. The van der Waals surface area contributed by atoms with Crippen LogP contribution >= 0.6 is 0 Å². The van der Waals surface area contributed by atoms with Crippen LogP contribution in [0.5, 0.6) is 0 Å². The van der Waals surface area contributed by atoms with Gasteiger partial charge in [-0.1, -0.05) is 12.1 Å². The van der Waals surface area contributed by atoms with Gasteiger partial charge >= 0.3 is 0 Å². The zero-order valence-corrected chi connectivity index (χ0v) is 9.99. The molecule has 16 heavy (non-hydrogen) atoms. The maximum Gasteiger partial charge on any atom is 0.272 e. The predicted octanol–water partition coefficient (Wildman–Crippen LogP) is 2.57. The van der Waals surface area contributed by atoms with Crippen molar-refractivity contribution in [2.45, 2.75) is 39.2 Å². The molecule has 88 valence electrons. The quantitative estimate of drug-likeness (QED) is 0.628. The van der Waals surface area contributed by atoms with Gasteiger partial charge in [-0.05, 0) is 39.2 Å². The zero-order valence-electron chi connectivity index (χ0n) is 9.99. The number of nitro groups is 1. The van der Waals surface area contributed by atoms with Crippen molar-refractivity contribution in [1.29, 1.82) is 0 Å².